The van der Waals surface area contributed by atoms with Crippen LogP contribution in [0.5, 0.6) is 0 Å². The van der Waals surface area contributed by atoms with Crippen molar-refractivity contribution in [3.05, 3.63) is 27.9 Å². The molecule has 2 rings (SSSR count). The van der Waals surface area contributed by atoms with Gasteiger partial charge in [0.15, 0.2) is 0 Å². The first kappa shape index (κ1) is 13.7. The number of rotatable bonds is 3. The van der Waals surface area contributed by atoms with Gasteiger partial charge in [-0.2, -0.15) is 4.98 Å². The fraction of sp³-hybridized carbons (Fsp3) is 0.615. The van der Waals surface area contributed by atoms with Gasteiger partial charge in [-0.1, -0.05) is 0 Å². The van der Waals surface area contributed by atoms with E-state index < -0.39 is 0 Å². The minimum Gasteiger partial charge on any atom is -0.376 e. The molecule has 0 bridgehead atoms. The summed E-state index contributed by atoms with van der Waals surface area (Å²) in [6.07, 6.45) is 0.838. The topological polar surface area (TPSA) is 73.2 Å². The minimum absolute atomic E-state index is 0.00116. The Kier molecular flexibility index (Phi) is 3.99. The number of hydrogen-bond donors (Lipinski definition) is 1. The Morgan fingerprint density at radius 2 is 2.32 bits per heavy atom. The van der Waals surface area contributed by atoms with Crippen LogP contribution in [-0.2, 0) is 16.1 Å². The lowest BCUT2D eigenvalue weighted by Crippen LogP contribution is -2.42. The Morgan fingerprint density at radius 1 is 1.58 bits per heavy atom. The van der Waals surface area contributed by atoms with Gasteiger partial charge in [-0.15, -0.1) is 0 Å². The lowest BCUT2D eigenvalue weighted by molar-refractivity contribution is -0.122. The Hall–Kier alpha value is -1.69. The van der Waals surface area contributed by atoms with Gasteiger partial charge in [-0.25, -0.2) is 4.79 Å². The van der Waals surface area contributed by atoms with Crippen LogP contribution in [0.3, 0.4) is 0 Å². The molecule has 6 heteroatoms. The smallest absolute Gasteiger partial charge is 0.348 e. The molecule has 1 aliphatic heterocycles. The van der Waals surface area contributed by atoms with Crippen LogP contribution in [0, 0.1) is 13.8 Å². The van der Waals surface area contributed by atoms with Crippen LogP contribution < -0.4 is 11.0 Å². The van der Waals surface area contributed by atoms with Crippen molar-refractivity contribution in [3.8, 4) is 0 Å². The zero-order chi connectivity index (χ0) is 14.0. The first-order valence-electron chi connectivity index (χ1n) is 6.43. The van der Waals surface area contributed by atoms with Gasteiger partial charge in [0.2, 0.25) is 5.91 Å². The van der Waals surface area contributed by atoms with E-state index in [2.05, 4.69) is 10.3 Å². The van der Waals surface area contributed by atoms with Gasteiger partial charge < -0.3 is 10.1 Å². The van der Waals surface area contributed by atoms with Gasteiger partial charge in [-0.05, 0) is 33.3 Å². The van der Waals surface area contributed by atoms with Gasteiger partial charge in [-0.3, -0.25) is 9.36 Å². The van der Waals surface area contributed by atoms with Crippen molar-refractivity contribution in [3.63, 3.8) is 0 Å². The average molecular weight is 265 g/mol. The second kappa shape index (κ2) is 5.52. The van der Waals surface area contributed by atoms with Crippen molar-refractivity contribution < 1.29 is 9.53 Å². The maximum Gasteiger partial charge on any atom is 0.348 e. The third-order valence-electron chi connectivity index (χ3n) is 3.37. The minimum atomic E-state index is -0.386. The van der Waals surface area contributed by atoms with E-state index in [4.69, 9.17) is 4.74 Å². The molecule has 0 saturated carbocycles. The molecule has 104 valence electrons. The number of aryl methyl sites for hydroxylation is 2. The average Bonchev–Trinajstić information content (AvgIpc) is 2.69. The van der Waals surface area contributed by atoms with Crippen molar-refractivity contribution in [2.75, 3.05) is 6.61 Å². The molecule has 0 radical (unpaired) electrons. The quantitative estimate of drug-likeness (QED) is 0.844. The van der Waals surface area contributed by atoms with E-state index in [0.717, 1.165) is 12.1 Å². The summed E-state index contributed by atoms with van der Waals surface area (Å²) in [4.78, 5) is 27.5. The van der Waals surface area contributed by atoms with Crippen LogP contribution in [-0.4, -0.2) is 34.2 Å². The van der Waals surface area contributed by atoms with Crippen molar-refractivity contribution >= 4 is 5.91 Å². The highest BCUT2D eigenvalue weighted by atomic mass is 16.5. The first-order chi connectivity index (χ1) is 8.97. The molecule has 0 aliphatic carbocycles. The maximum absolute atomic E-state index is 11.9. The van der Waals surface area contributed by atoms with Crippen LogP contribution in [0.25, 0.3) is 0 Å². The number of carbonyl (C=O) groups is 1. The number of hydrogen-bond acceptors (Lipinski definition) is 4. The molecule has 1 saturated heterocycles. The fourth-order valence-electron chi connectivity index (χ4n) is 2.28. The number of nitrogens with one attached hydrogen (secondary N) is 1. The second-order valence-corrected chi connectivity index (χ2v) is 4.95. The van der Waals surface area contributed by atoms with E-state index in [-0.39, 0.29) is 30.3 Å². The number of aromatic nitrogens is 2. The SMILES string of the molecule is Cc1cc(C)n(CC(=O)N[C@@H]2CCO[C@@H]2C)c(=O)n1. The maximum atomic E-state index is 11.9. The van der Waals surface area contributed by atoms with E-state index >= 15 is 0 Å². The monoisotopic (exact) mass is 265 g/mol. The van der Waals surface area contributed by atoms with Gasteiger partial charge in [0.1, 0.15) is 6.54 Å². The molecule has 1 fully saturated rings. The Bertz CT molecular complexity index is 538. The molecule has 2 atom stereocenters. The number of carbonyl (C=O) groups excluding carboxylic acids is 1. The lowest BCUT2D eigenvalue weighted by atomic mass is 10.1. The largest absolute Gasteiger partial charge is 0.376 e. The summed E-state index contributed by atoms with van der Waals surface area (Å²) in [5.74, 6) is -0.182. The molecule has 0 unspecified atom stereocenters. The summed E-state index contributed by atoms with van der Waals surface area (Å²) >= 11 is 0. The Morgan fingerprint density at radius 3 is 2.89 bits per heavy atom. The summed E-state index contributed by atoms with van der Waals surface area (Å²) in [5, 5.41) is 2.89. The van der Waals surface area contributed by atoms with Crippen molar-refractivity contribution in [1.82, 2.24) is 14.9 Å². The highest BCUT2D eigenvalue weighted by molar-refractivity contribution is 5.76. The molecular weight excluding hydrogens is 246 g/mol. The fourth-order valence-corrected chi connectivity index (χ4v) is 2.28. The van der Waals surface area contributed by atoms with Crippen molar-refractivity contribution in [2.24, 2.45) is 0 Å². The predicted octanol–water partition coefficient (Wildman–Crippen LogP) is 0.154. The number of ether oxygens (including phenoxy) is 1. The summed E-state index contributed by atoms with van der Waals surface area (Å²) in [6, 6.07) is 1.82. The van der Waals surface area contributed by atoms with E-state index in [0.29, 0.717) is 12.3 Å². The zero-order valence-electron chi connectivity index (χ0n) is 11.5. The molecule has 6 nitrogen and oxygen atoms in total. The molecule has 2 heterocycles. The van der Waals surface area contributed by atoms with Crippen molar-refractivity contribution in [1.29, 1.82) is 0 Å². The summed E-state index contributed by atoms with van der Waals surface area (Å²) in [7, 11) is 0. The van der Waals surface area contributed by atoms with Crippen LogP contribution in [0.2, 0.25) is 0 Å². The molecule has 19 heavy (non-hydrogen) atoms. The Balaban J connectivity index is 2.05. The third-order valence-corrected chi connectivity index (χ3v) is 3.37. The zero-order valence-corrected chi connectivity index (χ0v) is 11.5. The standard InChI is InChI=1S/C13H19N3O3/c1-8-6-9(2)16(13(18)14-8)7-12(17)15-11-4-5-19-10(11)3/h6,10-11H,4-5,7H2,1-3H3,(H,15,17)/t10-,11-/m1/s1. The van der Waals surface area contributed by atoms with Crippen LogP contribution >= 0.6 is 0 Å². The predicted molar refractivity (Wildman–Crippen MR) is 69.9 cm³/mol. The summed E-state index contributed by atoms with van der Waals surface area (Å²) in [5.41, 5.74) is 1.02. The molecule has 1 amide bonds. The van der Waals surface area contributed by atoms with E-state index in [9.17, 15) is 9.59 Å². The molecule has 1 aromatic rings. The molecular formula is C13H19N3O3. The molecule has 1 N–H and O–H groups in total. The molecule has 0 aromatic carbocycles. The van der Waals surface area contributed by atoms with E-state index in [1.165, 1.54) is 4.57 Å². The second-order valence-electron chi connectivity index (χ2n) is 4.95. The van der Waals surface area contributed by atoms with Crippen LogP contribution in [0.4, 0.5) is 0 Å². The van der Waals surface area contributed by atoms with E-state index in [1.54, 1.807) is 19.9 Å². The van der Waals surface area contributed by atoms with Crippen LogP contribution in [0.15, 0.2) is 10.9 Å². The highest BCUT2D eigenvalue weighted by Gasteiger charge is 2.25. The van der Waals surface area contributed by atoms with Crippen LogP contribution in [0.1, 0.15) is 24.7 Å². The van der Waals surface area contributed by atoms with E-state index in [1.807, 2.05) is 6.92 Å². The third kappa shape index (κ3) is 3.20. The van der Waals surface area contributed by atoms with Gasteiger partial charge in [0.05, 0.1) is 12.1 Å². The summed E-state index contributed by atoms with van der Waals surface area (Å²) in [6.45, 7) is 6.15. The Labute approximate surface area is 111 Å². The van der Waals surface area contributed by atoms with Gasteiger partial charge >= 0.3 is 5.69 Å². The molecule has 1 aliphatic rings. The van der Waals surface area contributed by atoms with Gasteiger partial charge in [0.25, 0.3) is 0 Å². The number of amides is 1. The molecule has 0 spiro atoms. The van der Waals surface area contributed by atoms with Gasteiger partial charge in [0, 0.05) is 18.0 Å². The first-order valence-corrected chi connectivity index (χ1v) is 6.43. The lowest BCUT2D eigenvalue weighted by Gasteiger charge is -2.17. The highest BCUT2D eigenvalue weighted by Crippen LogP contribution is 2.12. The van der Waals surface area contributed by atoms with Crippen molar-refractivity contribution in [2.45, 2.75) is 45.9 Å². The number of nitrogens with zero attached hydrogens (tertiary/aromatic N) is 2. The summed E-state index contributed by atoms with van der Waals surface area (Å²) < 4.78 is 6.76. The molecule has 1 aromatic heterocycles. The normalized spacial score (nSPS) is 22.5.